The predicted molar refractivity (Wildman–Crippen MR) is 110 cm³/mol. The highest BCUT2D eigenvalue weighted by Crippen LogP contribution is 2.18. The number of nitrogens with one attached hydrogen (secondary N) is 2. The highest BCUT2D eigenvalue weighted by Gasteiger charge is 2.19. The second-order valence-corrected chi connectivity index (χ2v) is 6.34. The van der Waals surface area contributed by atoms with Gasteiger partial charge in [0.05, 0.1) is 30.3 Å². The monoisotopic (exact) mass is 412 g/mol. The largest absolute Gasteiger partial charge is 0.462 e. The molecular weight excluding hydrogens is 388 g/mol. The first-order valence-electron chi connectivity index (χ1n) is 9.44. The van der Waals surface area contributed by atoms with Gasteiger partial charge < -0.3 is 20.1 Å². The second kappa shape index (κ2) is 11.4. The molecule has 0 saturated heterocycles. The van der Waals surface area contributed by atoms with Crippen LogP contribution < -0.4 is 10.6 Å². The molecule has 30 heavy (non-hydrogen) atoms. The summed E-state index contributed by atoms with van der Waals surface area (Å²) in [7, 11) is 0. The molecule has 0 radical (unpaired) electrons. The molecule has 2 amide bonds. The van der Waals surface area contributed by atoms with E-state index in [1.807, 2.05) is 6.07 Å². The van der Waals surface area contributed by atoms with E-state index in [-0.39, 0.29) is 30.2 Å². The van der Waals surface area contributed by atoms with Crippen molar-refractivity contribution < 1.29 is 28.7 Å². The molecule has 0 aliphatic carbocycles. The number of anilines is 1. The molecule has 2 aromatic rings. The van der Waals surface area contributed by atoms with E-state index in [9.17, 15) is 19.2 Å². The summed E-state index contributed by atoms with van der Waals surface area (Å²) < 4.78 is 9.99. The zero-order chi connectivity index (χ0) is 21.9. The molecule has 0 fully saturated rings. The number of amides is 2. The van der Waals surface area contributed by atoms with Gasteiger partial charge in [0.25, 0.3) is 5.91 Å². The number of carbonyl (C=O) groups excluding carboxylic acids is 4. The highest BCUT2D eigenvalue weighted by atomic mass is 16.5. The van der Waals surface area contributed by atoms with Gasteiger partial charge in [0.1, 0.15) is 0 Å². The maximum absolute atomic E-state index is 12.2. The Morgan fingerprint density at radius 2 is 1.60 bits per heavy atom. The van der Waals surface area contributed by atoms with E-state index in [1.165, 1.54) is 13.0 Å². The van der Waals surface area contributed by atoms with Crippen molar-refractivity contribution in [1.82, 2.24) is 5.32 Å². The van der Waals surface area contributed by atoms with Crippen LogP contribution in [0.2, 0.25) is 0 Å². The van der Waals surface area contributed by atoms with Crippen LogP contribution in [-0.2, 0) is 23.9 Å². The van der Waals surface area contributed by atoms with Crippen molar-refractivity contribution in [2.45, 2.75) is 26.3 Å². The maximum atomic E-state index is 12.2. The van der Waals surface area contributed by atoms with Crippen LogP contribution in [0.1, 0.15) is 42.2 Å². The Morgan fingerprint density at radius 1 is 0.933 bits per heavy atom. The van der Waals surface area contributed by atoms with Gasteiger partial charge in [0.15, 0.2) is 6.61 Å². The van der Waals surface area contributed by atoms with Gasteiger partial charge in [0.2, 0.25) is 5.91 Å². The van der Waals surface area contributed by atoms with E-state index in [0.717, 1.165) is 5.56 Å². The summed E-state index contributed by atoms with van der Waals surface area (Å²) in [5.74, 6) is -2.10. The fraction of sp³-hybridized carbons (Fsp3) is 0.273. The van der Waals surface area contributed by atoms with Crippen LogP contribution >= 0.6 is 0 Å². The second-order valence-electron chi connectivity index (χ2n) is 6.34. The molecule has 2 rings (SSSR count). The van der Waals surface area contributed by atoms with Gasteiger partial charge in [-0.05, 0) is 24.6 Å². The number of rotatable bonds is 9. The van der Waals surface area contributed by atoms with Crippen molar-refractivity contribution in [3.05, 3.63) is 65.7 Å². The molecule has 0 saturated carbocycles. The van der Waals surface area contributed by atoms with Crippen molar-refractivity contribution in [2.24, 2.45) is 0 Å². The van der Waals surface area contributed by atoms with Gasteiger partial charge >= 0.3 is 11.9 Å². The molecule has 1 atom stereocenters. The minimum Gasteiger partial charge on any atom is -0.462 e. The lowest BCUT2D eigenvalue weighted by Crippen LogP contribution is -2.29. The molecule has 158 valence electrons. The first-order valence-corrected chi connectivity index (χ1v) is 9.44. The molecule has 0 aromatic heterocycles. The topological polar surface area (TPSA) is 111 Å². The van der Waals surface area contributed by atoms with E-state index in [2.05, 4.69) is 10.6 Å². The van der Waals surface area contributed by atoms with E-state index < -0.39 is 30.5 Å². The van der Waals surface area contributed by atoms with Crippen LogP contribution in [0, 0.1) is 0 Å². The molecular formula is C22H24N2O6. The Labute approximate surface area is 174 Å². The summed E-state index contributed by atoms with van der Waals surface area (Å²) in [5.41, 5.74) is 1.21. The molecule has 2 N–H and O–H groups in total. The normalized spacial score (nSPS) is 11.1. The fourth-order valence-corrected chi connectivity index (χ4v) is 2.72. The Balaban J connectivity index is 1.93. The number of carbonyl (C=O) groups is 4. The molecule has 0 aliphatic rings. The first-order chi connectivity index (χ1) is 14.4. The minimum atomic E-state index is -0.647. The Kier molecular flexibility index (Phi) is 8.56. The smallest absolute Gasteiger partial charge is 0.340 e. The zero-order valence-electron chi connectivity index (χ0n) is 16.8. The lowest BCUT2D eigenvalue weighted by molar-refractivity contribution is -0.148. The summed E-state index contributed by atoms with van der Waals surface area (Å²) >= 11 is 0. The summed E-state index contributed by atoms with van der Waals surface area (Å²) in [6.45, 7) is 2.71. The van der Waals surface area contributed by atoms with Gasteiger partial charge in [-0.1, -0.05) is 42.5 Å². The molecule has 0 unspecified atom stereocenters. The quantitative estimate of drug-likeness (QED) is 0.613. The fourth-order valence-electron chi connectivity index (χ4n) is 2.72. The Morgan fingerprint density at radius 3 is 2.27 bits per heavy atom. The van der Waals surface area contributed by atoms with Crippen LogP contribution in [0.4, 0.5) is 5.69 Å². The maximum Gasteiger partial charge on any atom is 0.340 e. The van der Waals surface area contributed by atoms with Crippen LogP contribution in [0.25, 0.3) is 0 Å². The standard InChI is InChI=1S/C22H24N2O6/c1-3-29-22(28)17-11-7-8-12-18(17)24-20(26)14-30-21(27)13-19(23-15(2)25)16-9-5-4-6-10-16/h4-12,19H,3,13-14H2,1-2H3,(H,23,25)(H,24,26)/t19-/m1/s1. The third kappa shape index (κ3) is 7.05. The van der Waals surface area contributed by atoms with Crippen LogP contribution in [0.3, 0.4) is 0 Å². The van der Waals surface area contributed by atoms with Crippen LogP contribution in [0.5, 0.6) is 0 Å². The number of ether oxygens (including phenoxy) is 2. The number of para-hydroxylation sites is 1. The van der Waals surface area contributed by atoms with E-state index in [4.69, 9.17) is 9.47 Å². The Bertz CT molecular complexity index is 898. The third-order valence-corrected chi connectivity index (χ3v) is 4.01. The lowest BCUT2D eigenvalue weighted by atomic mass is 10.0. The van der Waals surface area contributed by atoms with Gasteiger partial charge in [-0.15, -0.1) is 0 Å². The zero-order valence-corrected chi connectivity index (χ0v) is 16.8. The molecule has 0 aliphatic heterocycles. The van der Waals surface area contributed by atoms with Crippen LogP contribution in [0.15, 0.2) is 54.6 Å². The van der Waals surface area contributed by atoms with E-state index in [1.54, 1.807) is 49.4 Å². The van der Waals surface area contributed by atoms with Gasteiger partial charge in [-0.2, -0.15) is 0 Å². The summed E-state index contributed by atoms with van der Waals surface area (Å²) in [6.07, 6.45) is -0.129. The number of hydrogen-bond acceptors (Lipinski definition) is 6. The highest BCUT2D eigenvalue weighted by molar-refractivity contribution is 6.01. The summed E-state index contributed by atoms with van der Waals surface area (Å²) in [6, 6.07) is 14.8. The molecule has 2 aromatic carbocycles. The van der Waals surface area contributed by atoms with Gasteiger partial charge in [-0.25, -0.2) is 4.79 Å². The van der Waals surface area contributed by atoms with Gasteiger partial charge in [0, 0.05) is 6.92 Å². The minimum absolute atomic E-state index is 0.129. The van der Waals surface area contributed by atoms with Crippen molar-refractivity contribution in [1.29, 1.82) is 0 Å². The van der Waals surface area contributed by atoms with Crippen molar-refractivity contribution in [3.8, 4) is 0 Å². The number of hydrogen-bond donors (Lipinski definition) is 2. The summed E-state index contributed by atoms with van der Waals surface area (Å²) in [5, 5.41) is 5.23. The predicted octanol–water partition coefficient (Wildman–Crippen LogP) is 2.61. The molecule has 8 nitrogen and oxygen atoms in total. The average Bonchev–Trinajstić information content (AvgIpc) is 2.72. The van der Waals surface area contributed by atoms with Crippen LogP contribution in [-0.4, -0.2) is 37.0 Å². The number of esters is 2. The van der Waals surface area contributed by atoms with E-state index >= 15 is 0 Å². The molecule has 0 spiro atoms. The molecule has 0 heterocycles. The Hall–Kier alpha value is -3.68. The SMILES string of the molecule is CCOC(=O)c1ccccc1NC(=O)COC(=O)C[C@@H](NC(C)=O)c1ccccc1. The lowest BCUT2D eigenvalue weighted by Gasteiger charge is -2.17. The van der Waals surface area contributed by atoms with E-state index in [0.29, 0.717) is 0 Å². The van der Waals surface area contributed by atoms with Crippen molar-refractivity contribution in [3.63, 3.8) is 0 Å². The van der Waals surface area contributed by atoms with Gasteiger partial charge in [-0.3, -0.25) is 14.4 Å². The third-order valence-electron chi connectivity index (χ3n) is 4.01. The average molecular weight is 412 g/mol. The van der Waals surface area contributed by atoms with Crippen molar-refractivity contribution >= 4 is 29.4 Å². The molecule has 0 bridgehead atoms. The summed E-state index contributed by atoms with van der Waals surface area (Å²) in [4.78, 5) is 47.8. The molecule has 8 heteroatoms. The first kappa shape index (κ1) is 22.6. The van der Waals surface area contributed by atoms with Crippen molar-refractivity contribution in [2.75, 3.05) is 18.5 Å². The number of benzene rings is 2.